The van der Waals surface area contributed by atoms with Crippen molar-refractivity contribution in [2.75, 3.05) is 24.5 Å². The third-order valence-electron chi connectivity index (χ3n) is 6.45. The first-order valence-electron chi connectivity index (χ1n) is 11.9. The Morgan fingerprint density at radius 1 is 1.18 bits per heavy atom. The average molecular weight is 485 g/mol. The van der Waals surface area contributed by atoms with Crippen LogP contribution < -0.4 is 10.5 Å². The van der Waals surface area contributed by atoms with E-state index in [9.17, 15) is 9.59 Å². The van der Waals surface area contributed by atoms with Crippen LogP contribution >= 0.6 is 24.0 Å². The molecule has 33 heavy (non-hydrogen) atoms. The maximum absolute atomic E-state index is 13.6. The van der Waals surface area contributed by atoms with Crippen molar-refractivity contribution in [1.82, 2.24) is 14.3 Å². The molecule has 6 nitrogen and oxygen atoms in total. The van der Waals surface area contributed by atoms with E-state index in [1.54, 1.807) is 15.4 Å². The fourth-order valence-corrected chi connectivity index (χ4v) is 5.65. The predicted octanol–water partition coefficient (Wildman–Crippen LogP) is 5.02. The van der Waals surface area contributed by atoms with Crippen molar-refractivity contribution in [3.63, 3.8) is 0 Å². The van der Waals surface area contributed by atoms with Crippen molar-refractivity contribution in [1.29, 1.82) is 0 Å². The molecule has 0 atom stereocenters. The molecule has 4 rings (SSSR count). The maximum Gasteiger partial charge on any atom is 0.267 e. The van der Waals surface area contributed by atoms with Crippen molar-refractivity contribution in [3.8, 4) is 0 Å². The highest BCUT2D eigenvalue weighted by Gasteiger charge is 2.32. The lowest BCUT2D eigenvalue weighted by atomic mass is 9.99. The number of unbranched alkanes of at least 4 members (excludes halogenated alkanes) is 3. The molecule has 0 spiro atoms. The molecule has 0 aliphatic carbocycles. The molecule has 8 heteroatoms. The Bertz CT molecular complexity index is 1150. The van der Waals surface area contributed by atoms with Crippen LogP contribution in [0.4, 0.5) is 5.82 Å². The van der Waals surface area contributed by atoms with Crippen molar-refractivity contribution in [2.24, 2.45) is 5.92 Å². The summed E-state index contributed by atoms with van der Waals surface area (Å²) in [5, 5.41) is 0. The number of piperidine rings is 1. The number of thioether (sulfide) groups is 1. The molecule has 2 aromatic rings. The molecule has 0 unspecified atom stereocenters. The Hall–Kier alpha value is -2.19. The van der Waals surface area contributed by atoms with Gasteiger partial charge in [-0.3, -0.25) is 18.9 Å². The number of hydrogen-bond donors (Lipinski definition) is 0. The van der Waals surface area contributed by atoms with E-state index >= 15 is 0 Å². The summed E-state index contributed by atoms with van der Waals surface area (Å²) in [6, 6.07) is 3.85. The first-order valence-corrected chi connectivity index (χ1v) is 13.1. The van der Waals surface area contributed by atoms with Crippen LogP contribution in [-0.2, 0) is 4.79 Å². The first-order chi connectivity index (χ1) is 15.9. The molecule has 0 radical (unpaired) electrons. The summed E-state index contributed by atoms with van der Waals surface area (Å²) in [5.41, 5.74) is 1.93. The lowest BCUT2D eigenvalue weighted by Crippen LogP contribution is -2.36. The molecule has 2 aliphatic heterocycles. The Morgan fingerprint density at radius 3 is 2.67 bits per heavy atom. The van der Waals surface area contributed by atoms with Crippen molar-refractivity contribution in [3.05, 3.63) is 44.7 Å². The SMILES string of the molecule is CCCCCCN1C(=O)/C(=C\c2c(N3CCC(C)CC3)nc3ccc(C)cn3c2=O)SC1=S. The monoisotopic (exact) mass is 484 g/mol. The number of fused-ring (bicyclic) bond motifs is 1. The highest BCUT2D eigenvalue weighted by Crippen LogP contribution is 2.34. The molecular weight excluding hydrogens is 452 g/mol. The Morgan fingerprint density at radius 2 is 1.94 bits per heavy atom. The van der Waals surface area contributed by atoms with E-state index in [1.807, 2.05) is 25.3 Å². The fraction of sp³-hybridized carbons (Fsp3) is 0.520. The minimum atomic E-state index is -0.148. The van der Waals surface area contributed by atoms with E-state index in [-0.39, 0.29) is 11.5 Å². The van der Waals surface area contributed by atoms with Crippen LogP contribution in [0.15, 0.2) is 28.0 Å². The molecule has 2 aromatic heterocycles. The number of pyridine rings is 1. The molecule has 0 aromatic carbocycles. The summed E-state index contributed by atoms with van der Waals surface area (Å²) in [6.45, 7) is 8.72. The van der Waals surface area contributed by atoms with Gasteiger partial charge in [-0.2, -0.15) is 0 Å². The van der Waals surface area contributed by atoms with E-state index in [0.717, 1.165) is 57.2 Å². The summed E-state index contributed by atoms with van der Waals surface area (Å²) >= 11 is 6.79. The molecule has 2 aliphatic rings. The summed E-state index contributed by atoms with van der Waals surface area (Å²) < 4.78 is 2.16. The average Bonchev–Trinajstić information content (AvgIpc) is 3.06. The van der Waals surface area contributed by atoms with Crippen LogP contribution in [0, 0.1) is 12.8 Å². The summed E-state index contributed by atoms with van der Waals surface area (Å²) in [7, 11) is 0. The Kier molecular flexibility index (Phi) is 7.54. The van der Waals surface area contributed by atoms with Crippen LogP contribution in [0.5, 0.6) is 0 Å². The van der Waals surface area contributed by atoms with Gasteiger partial charge in [-0.25, -0.2) is 4.98 Å². The topological polar surface area (TPSA) is 57.9 Å². The third kappa shape index (κ3) is 5.17. The number of thiocarbonyl (C=S) groups is 1. The summed E-state index contributed by atoms with van der Waals surface area (Å²) in [6.07, 6.45) is 9.98. The number of amides is 1. The fourth-order valence-electron chi connectivity index (χ4n) is 4.36. The molecular formula is C25H32N4O2S2. The second-order valence-electron chi connectivity index (χ2n) is 9.15. The van der Waals surface area contributed by atoms with Crippen molar-refractivity contribution in [2.45, 2.75) is 59.3 Å². The van der Waals surface area contributed by atoms with E-state index in [0.29, 0.717) is 38.7 Å². The van der Waals surface area contributed by atoms with Gasteiger partial charge >= 0.3 is 0 Å². The molecule has 0 N–H and O–H groups in total. The molecule has 2 saturated heterocycles. The number of aryl methyl sites for hydroxylation is 1. The van der Waals surface area contributed by atoms with E-state index in [2.05, 4.69) is 18.7 Å². The lowest BCUT2D eigenvalue weighted by molar-refractivity contribution is -0.122. The van der Waals surface area contributed by atoms with Gasteiger partial charge in [-0.05, 0) is 49.8 Å². The largest absolute Gasteiger partial charge is 0.356 e. The minimum absolute atomic E-state index is 0.103. The number of rotatable bonds is 7. The van der Waals surface area contributed by atoms with E-state index in [1.165, 1.54) is 11.8 Å². The predicted molar refractivity (Wildman–Crippen MR) is 141 cm³/mol. The van der Waals surface area contributed by atoms with Gasteiger partial charge in [0.15, 0.2) is 0 Å². The number of nitrogens with zero attached hydrogens (tertiary/aromatic N) is 4. The van der Waals surface area contributed by atoms with Gasteiger partial charge in [0.05, 0.1) is 10.5 Å². The minimum Gasteiger partial charge on any atom is -0.356 e. The third-order valence-corrected chi connectivity index (χ3v) is 7.83. The Labute approximate surface area is 205 Å². The van der Waals surface area contributed by atoms with Crippen molar-refractivity contribution < 1.29 is 4.79 Å². The van der Waals surface area contributed by atoms with Crippen LogP contribution in [0.3, 0.4) is 0 Å². The van der Waals surface area contributed by atoms with Crippen molar-refractivity contribution >= 4 is 51.7 Å². The van der Waals surface area contributed by atoms with Crippen LogP contribution in [-0.4, -0.2) is 44.1 Å². The molecule has 4 heterocycles. The second-order valence-corrected chi connectivity index (χ2v) is 10.8. The highest BCUT2D eigenvalue weighted by molar-refractivity contribution is 8.26. The molecule has 2 fully saturated rings. The summed E-state index contributed by atoms with van der Waals surface area (Å²) in [4.78, 5) is 36.0. The molecule has 0 saturated carbocycles. The van der Waals surface area contributed by atoms with Gasteiger partial charge < -0.3 is 4.90 Å². The smallest absolute Gasteiger partial charge is 0.267 e. The maximum atomic E-state index is 13.6. The van der Waals surface area contributed by atoms with E-state index < -0.39 is 0 Å². The van der Waals surface area contributed by atoms with Gasteiger partial charge in [0.2, 0.25) is 0 Å². The van der Waals surface area contributed by atoms with Gasteiger partial charge in [-0.15, -0.1) is 0 Å². The number of anilines is 1. The number of carbonyl (C=O) groups excluding carboxylic acids is 1. The zero-order chi connectivity index (χ0) is 23.5. The van der Waals surface area contributed by atoms with Gasteiger partial charge in [0, 0.05) is 25.8 Å². The van der Waals surface area contributed by atoms with Crippen LogP contribution in [0.1, 0.15) is 63.5 Å². The van der Waals surface area contributed by atoms with Crippen LogP contribution in [0.25, 0.3) is 11.7 Å². The second kappa shape index (κ2) is 10.4. The van der Waals surface area contributed by atoms with Crippen LogP contribution in [0.2, 0.25) is 0 Å². The van der Waals surface area contributed by atoms with Gasteiger partial charge in [0.1, 0.15) is 15.8 Å². The molecule has 0 bridgehead atoms. The number of carbonyl (C=O) groups is 1. The Balaban J connectivity index is 1.72. The lowest BCUT2D eigenvalue weighted by Gasteiger charge is -2.32. The summed E-state index contributed by atoms with van der Waals surface area (Å²) in [5.74, 6) is 1.23. The normalized spacial score (nSPS) is 18.8. The van der Waals surface area contributed by atoms with E-state index in [4.69, 9.17) is 17.2 Å². The zero-order valence-corrected chi connectivity index (χ0v) is 21.3. The molecule has 1 amide bonds. The zero-order valence-electron chi connectivity index (χ0n) is 19.7. The molecule has 176 valence electrons. The van der Waals surface area contributed by atoms with Gasteiger partial charge in [-0.1, -0.05) is 63.2 Å². The highest BCUT2D eigenvalue weighted by atomic mass is 32.2. The standard InChI is InChI=1S/C25H32N4O2S2/c1-4-5-6-7-12-28-24(31)20(33-25(28)32)15-19-22(27-13-10-17(2)11-14-27)26-21-9-8-18(3)16-29(21)23(19)30/h8-9,15-17H,4-7,10-14H2,1-3H3/b20-15+. The number of hydrogen-bond acceptors (Lipinski definition) is 6. The van der Waals surface area contributed by atoms with Gasteiger partial charge in [0.25, 0.3) is 11.5 Å². The number of aromatic nitrogens is 2. The first kappa shape index (κ1) is 24.0. The quantitative estimate of drug-likeness (QED) is 0.312.